The van der Waals surface area contributed by atoms with Crippen molar-refractivity contribution in [1.82, 2.24) is 21.2 Å². The zero-order valence-electron chi connectivity index (χ0n) is 19.8. The number of nitrogens with one attached hydrogen (secondary N) is 3. The van der Waals surface area contributed by atoms with Gasteiger partial charge in [-0.3, -0.25) is 30.2 Å². The molecule has 9 nitrogen and oxygen atoms in total. The SMILES string of the molecule is COC(=O)/C=C/C(=O)NNC(=O)CCc1ccccc1C(=O)N[C@H](C)c1cncc(-c2cccs2)c1. The normalized spacial score (nSPS) is 11.5. The molecular weight excluding hydrogens is 480 g/mol. The summed E-state index contributed by atoms with van der Waals surface area (Å²) in [5, 5.41) is 5.00. The Kier molecular flexibility index (Phi) is 9.47. The van der Waals surface area contributed by atoms with E-state index in [1.807, 2.05) is 30.5 Å². The van der Waals surface area contributed by atoms with Gasteiger partial charge in [-0.15, -0.1) is 11.3 Å². The number of pyridine rings is 1. The summed E-state index contributed by atoms with van der Waals surface area (Å²) in [6.45, 7) is 1.89. The van der Waals surface area contributed by atoms with E-state index in [2.05, 4.69) is 25.9 Å². The van der Waals surface area contributed by atoms with Crippen LogP contribution in [0.2, 0.25) is 0 Å². The van der Waals surface area contributed by atoms with Crippen molar-refractivity contribution in [2.45, 2.75) is 25.8 Å². The molecule has 0 radical (unpaired) electrons. The molecule has 0 unspecified atom stereocenters. The molecule has 2 aromatic heterocycles. The van der Waals surface area contributed by atoms with Crippen molar-refractivity contribution >= 4 is 35.0 Å². The van der Waals surface area contributed by atoms with Crippen molar-refractivity contribution in [3.05, 3.63) is 89.1 Å². The molecule has 0 aliphatic heterocycles. The zero-order chi connectivity index (χ0) is 25.9. The first-order chi connectivity index (χ1) is 17.4. The maximum Gasteiger partial charge on any atom is 0.330 e. The van der Waals surface area contributed by atoms with E-state index >= 15 is 0 Å². The minimum Gasteiger partial charge on any atom is -0.466 e. The summed E-state index contributed by atoms with van der Waals surface area (Å²) < 4.78 is 4.39. The van der Waals surface area contributed by atoms with E-state index in [0.717, 1.165) is 28.2 Å². The van der Waals surface area contributed by atoms with E-state index in [4.69, 9.17) is 0 Å². The third kappa shape index (κ3) is 7.60. The lowest BCUT2D eigenvalue weighted by molar-refractivity contribution is -0.135. The van der Waals surface area contributed by atoms with Crippen LogP contribution in [-0.4, -0.2) is 35.8 Å². The molecule has 3 aromatic rings. The van der Waals surface area contributed by atoms with Crippen LogP contribution in [0, 0.1) is 0 Å². The van der Waals surface area contributed by atoms with Crippen LogP contribution in [0.15, 0.2) is 72.4 Å². The Bertz CT molecular complexity index is 1260. The van der Waals surface area contributed by atoms with Gasteiger partial charge in [0.1, 0.15) is 0 Å². The van der Waals surface area contributed by atoms with E-state index in [0.29, 0.717) is 11.1 Å². The third-order valence-corrected chi connectivity index (χ3v) is 6.11. The number of hydrogen-bond donors (Lipinski definition) is 3. The first-order valence-electron chi connectivity index (χ1n) is 11.1. The highest BCUT2D eigenvalue weighted by Crippen LogP contribution is 2.26. The second-order valence-electron chi connectivity index (χ2n) is 7.73. The predicted octanol–water partition coefficient (Wildman–Crippen LogP) is 3.11. The summed E-state index contributed by atoms with van der Waals surface area (Å²) in [5.74, 6) is -2.08. The number of benzene rings is 1. The van der Waals surface area contributed by atoms with Gasteiger partial charge in [0.2, 0.25) is 5.91 Å². The van der Waals surface area contributed by atoms with Gasteiger partial charge in [-0.2, -0.15) is 0 Å². The molecule has 0 aliphatic rings. The van der Waals surface area contributed by atoms with Gasteiger partial charge in [-0.05, 0) is 48.1 Å². The van der Waals surface area contributed by atoms with E-state index in [1.165, 1.54) is 7.11 Å². The Hall–Kier alpha value is -4.31. The fraction of sp³-hybridized carbons (Fsp3) is 0.192. The molecular formula is C26H26N4O5S. The highest BCUT2D eigenvalue weighted by Gasteiger charge is 2.16. The third-order valence-electron chi connectivity index (χ3n) is 5.19. The van der Waals surface area contributed by atoms with E-state index < -0.39 is 17.8 Å². The number of methoxy groups -OCH3 is 1. The van der Waals surface area contributed by atoms with Crippen molar-refractivity contribution in [2.24, 2.45) is 0 Å². The summed E-state index contributed by atoms with van der Waals surface area (Å²) in [6.07, 6.45) is 5.72. The number of hydrazine groups is 1. The number of rotatable bonds is 9. The highest BCUT2D eigenvalue weighted by molar-refractivity contribution is 7.13. The topological polar surface area (TPSA) is 126 Å². The molecule has 3 N–H and O–H groups in total. The van der Waals surface area contributed by atoms with Crippen molar-refractivity contribution in [3.8, 4) is 10.4 Å². The molecule has 0 bridgehead atoms. The van der Waals surface area contributed by atoms with Crippen LogP contribution < -0.4 is 16.2 Å². The first-order valence-corrected chi connectivity index (χ1v) is 12.0. The average molecular weight is 507 g/mol. The van der Waals surface area contributed by atoms with Crippen LogP contribution >= 0.6 is 11.3 Å². The largest absolute Gasteiger partial charge is 0.466 e. The smallest absolute Gasteiger partial charge is 0.330 e. The number of carbonyl (C=O) groups excluding carboxylic acids is 4. The summed E-state index contributed by atoms with van der Waals surface area (Å²) in [7, 11) is 1.19. The van der Waals surface area contributed by atoms with Gasteiger partial charge in [-0.1, -0.05) is 24.3 Å². The number of hydrogen-bond acceptors (Lipinski definition) is 7. The molecule has 3 amide bonds. The Morgan fingerprint density at radius 2 is 1.86 bits per heavy atom. The minimum absolute atomic E-state index is 0.0353. The molecule has 0 spiro atoms. The molecule has 186 valence electrons. The van der Waals surface area contributed by atoms with Gasteiger partial charge in [0, 0.05) is 47.0 Å². The van der Waals surface area contributed by atoms with Crippen LogP contribution in [0.4, 0.5) is 0 Å². The molecule has 1 atom stereocenters. The quantitative estimate of drug-likeness (QED) is 0.233. The van der Waals surface area contributed by atoms with Crippen LogP contribution in [0.25, 0.3) is 10.4 Å². The van der Waals surface area contributed by atoms with Gasteiger partial charge in [-0.25, -0.2) is 4.79 Å². The zero-order valence-corrected chi connectivity index (χ0v) is 20.6. The first kappa shape index (κ1) is 26.3. The molecule has 3 rings (SSSR count). The summed E-state index contributed by atoms with van der Waals surface area (Å²) >= 11 is 1.62. The van der Waals surface area contributed by atoms with Crippen molar-refractivity contribution in [3.63, 3.8) is 0 Å². The van der Waals surface area contributed by atoms with Crippen LogP contribution in [-0.2, 0) is 25.5 Å². The average Bonchev–Trinajstić information content (AvgIpc) is 3.44. The second kappa shape index (κ2) is 13.0. The fourth-order valence-electron chi connectivity index (χ4n) is 3.29. The molecule has 0 saturated carbocycles. The van der Waals surface area contributed by atoms with Crippen LogP contribution in [0.1, 0.15) is 40.9 Å². The molecule has 0 saturated heterocycles. The lowest BCUT2D eigenvalue weighted by atomic mass is 10.0. The number of aromatic nitrogens is 1. The summed E-state index contributed by atoms with van der Waals surface area (Å²) in [4.78, 5) is 53.2. The number of ether oxygens (including phenoxy) is 1. The second-order valence-corrected chi connectivity index (χ2v) is 8.68. The van der Waals surface area contributed by atoms with Crippen molar-refractivity contribution < 1.29 is 23.9 Å². The molecule has 36 heavy (non-hydrogen) atoms. The predicted molar refractivity (Wildman–Crippen MR) is 136 cm³/mol. The molecule has 2 heterocycles. The Morgan fingerprint density at radius 3 is 2.61 bits per heavy atom. The number of nitrogens with zero attached hydrogens (tertiary/aromatic N) is 1. The Labute approximate surface area is 212 Å². The maximum atomic E-state index is 13.0. The lowest BCUT2D eigenvalue weighted by Gasteiger charge is -2.16. The van der Waals surface area contributed by atoms with E-state index in [9.17, 15) is 19.2 Å². The Morgan fingerprint density at radius 1 is 1.06 bits per heavy atom. The van der Waals surface area contributed by atoms with Gasteiger partial charge in [0.25, 0.3) is 11.8 Å². The standard InChI is InChI=1S/C26H26N4O5S/c1-17(19-14-20(16-27-15-19)22-8-5-13-36-22)28-26(34)21-7-4-3-6-18(21)9-10-23(31)29-30-24(32)11-12-25(33)35-2/h3-8,11-17H,9-10H2,1-2H3,(H,28,34)(H,29,31)(H,30,32)/b12-11+/t17-/m1/s1. The highest BCUT2D eigenvalue weighted by atomic mass is 32.1. The molecule has 10 heteroatoms. The number of thiophene rings is 1. The maximum absolute atomic E-state index is 13.0. The number of amides is 3. The number of carbonyl (C=O) groups is 4. The van der Waals surface area contributed by atoms with Gasteiger partial charge in [0.15, 0.2) is 0 Å². The van der Waals surface area contributed by atoms with E-state index in [1.54, 1.807) is 48.0 Å². The molecule has 0 aliphatic carbocycles. The monoisotopic (exact) mass is 506 g/mol. The number of aryl methyl sites for hydroxylation is 1. The minimum atomic E-state index is -0.688. The lowest BCUT2D eigenvalue weighted by Crippen LogP contribution is -2.41. The van der Waals surface area contributed by atoms with Crippen LogP contribution in [0.3, 0.4) is 0 Å². The van der Waals surface area contributed by atoms with Crippen molar-refractivity contribution in [1.29, 1.82) is 0 Å². The fourth-order valence-corrected chi connectivity index (χ4v) is 3.99. The van der Waals surface area contributed by atoms with Crippen molar-refractivity contribution in [2.75, 3.05) is 7.11 Å². The van der Waals surface area contributed by atoms with Gasteiger partial charge < -0.3 is 10.1 Å². The number of esters is 1. The molecule has 1 aromatic carbocycles. The van der Waals surface area contributed by atoms with Crippen LogP contribution in [0.5, 0.6) is 0 Å². The molecule has 0 fully saturated rings. The van der Waals surface area contributed by atoms with Gasteiger partial charge in [0.05, 0.1) is 13.2 Å². The van der Waals surface area contributed by atoms with Gasteiger partial charge >= 0.3 is 5.97 Å². The van der Waals surface area contributed by atoms with E-state index in [-0.39, 0.29) is 24.8 Å². The Balaban J connectivity index is 1.57. The summed E-state index contributed by atoms with van der Waals surface area (Å²) in [5.41, 5.74) is 7.47. The summed E-state index contributed by atoms with van der Waals surface area (Å²) in [6, 6.07) is 12.8.